The molecule has 1 unspecified atom stereocenters. The van der Waals surface area contributed by atoms with E-state index in [1.54, 1.807) is 7.11 Å². The lowest BCUT2D eigenvalue weighted by Crippen LogP contribution is -2.37. The zero-order valence-electron chi connectivity index (χ0n) is 13.0. The van der Waals surface area contributed by atoms with Gasteiger partial charge in [0.15, 0.2) is 11.5 Å². The molecule has 0 saturated heterocycles. The van der Waals surface area contributed by atoms with Gasteiger partial charge in [0.05, 0.1) is 13.7 Å². The molecule has 1 aromatic carbocycles. The summed E-state index contributed by atoms with van der Waals surface area (Å²) in [6.07, 6.45) is 0. The fourth-order valence-electron chi connectivity index (χ4n) is 1.68. The molecule has 0 amide bonds. The molecule has 1 atom stereocenters. The van der Waals surface area contributed by atoms with Gasteiger partial charge in [-0.15, -0.1) is 0 Å². The molecule has 0 aromatic heterocycles. The first-order valence-corrected chi connectivity index (χ1v) is 6.91. The Labute approximate surface area is 117 Å². The number of ether oxygens (including phenoxy) is 2. The zero-order valence-corrected chi connectivity index (χ0v) is 13.0. The maximum atomic E-state index is 5.59. The second kappa shape index (κ2) is 6.80. The van der Waals surface area contributed by atoms with Crippen molar-refractivity contribution in [1.29, 1.82) is 0 Å². The summed E-state index contributed by atoms with van der Waals surface area (Å²) in [7, 11) is 1.66. The molecule has 108 valence electrons. The van der Waals surface area contributed by atoms with E-state index in [0.29, 0.717) is 12.6 Å². The SMILES string of the molecule is CCOc1cc(CNC(C)C(C)(C)C)ccc1OC. The number of hydrogen-bond donors (Lipinski definition) is 1. The Kier molecular flexibility index (Phi) is 5.67. The largest absolute Gasteiger partial charge is 0.493 e. The molecule has 3 nitrogen and oxygen atoms in total. The molecule has 1 rings (SSSR count). The lowest BCUT2D eigenvalue weighted by molar-refractivity contribution is 0.284. The van der Waals surface area contributed by atoms with E-state index in [9.17, 15) is 0 Å². The van der Waals surface area contributed by atoms with E-state index in [0.717, 1.165) is 18.0 Å². The Morgan fingerprint density at radius 2 is 1.89 bits per heavy atom. The van der Waals surface area contributed by atoms with E-state index in [4.69, 9.17) is 9.47 Å². The van der Waals surface area contributed by atoms with E-state index in [2.05, 4.69) is 39.1 Å². The molecule has 0 aliphatic carbocycles. The third-order valence-electron chi connectivity index (χ3n) is 3.44. The minimum Gasteiger partial charge on any atom is -0.493 e. The van der Waals surface area contributed by atoms with Crippen molar-refractivity contribution in [1.82, 2.24) is 5.32 Å². The Morgan fingerprint density at radius 1 is 1.21 bits per heavy atom. The van der Waals surface area contributed by atoms with Crippen LogP contribution in [-0.4, -0.2) is 19.8 Å². The molecule has 0 heterocycles. The molecule has 1 aromatic rings. The predicted molar refractivity (Wildman–Crippen MR) is 79.9 cm³/mol. The van der Waals surface area contributed by atoms with Crippen molar-refractivity contribution in [3.8, 4) is 11.5 Å². The van der Waals surface area contributed by atoms with E-state index in [-0.39, 0.29) is 5.41 Å². The van der Waals surface area contributed by atoms with Gasteiger partial charge in [-0.1, -0.05) is 26.8 Å². The molecular weight excluding hydrogens is 238 g/mol. The lowest BCUT2D eigenvalue weighted by Gasteiger charge is -2.28. The highest BCUT2D eigenvalue weighted by Gasteiger charge is 2.19. The summed E-state index contributed by atoms with van der Waals surface area (Å²) < 4.78 is 10.9. The van der Waals surface area contributed by atoms with Crippen LogP contribution < -0.4 is 14.8 Å². The number of nitrogens with one attached hydrogen (secondary N) is 1. The maximum absolute atomic E-state index is 5.59. The van der Waals surface area contributed by atoms with Crippen molar-refractivity contribution in [2.45, 2.75) is 47.2 Å². The molecule has 0 fully saturated rings. The minimum absolute atomic E-state index is 0.259. The van der Waals surface area contributed by atoms with E-state index < -0.39 is 0 Å². The maximum Gasteiger partial charge on any atom is 0.161 e. The van der Waals surface area contributed by atoms with Crippen LogP contribution in [-0.2, 0) is 6.54 Å². The number of rotatable bonds is 6. The van der Waals surface area contributed by atoms with Crippen molar-refractivity contribution in [2.75, 3.05) is 13.7 Å². The van der Waals surface area contributed by atoms with E-state index in [1.165, 1.54) is 5.56 Å². The number of methoxy groups -OCH3 is 1. The van der Waals surface area contributed by atoms with E-state index in [1.807, 2.05) is 19.1 Å². The Balaban J connectivity index is 2.71. The quantitative estimate of drug-likeness (QED) is 0.852. The smallest absolute Gasteiger partial charge is 0.161 e. The summed E-state index contributed by atoms with van der Waals surface area (Å²) in [5.74, 6) is 1.60. The van der Waals surface area contributed by atoms with Gasteiger partial charge >= 0.3 is 0 Å². The molecule has 3 heteroatoms. The second-order valence-corrected chi connectivity index (χ2v) is 5.89. The summed E-state index contributed by atoms with van der Waals surface area (Å²) in [5.41, 5.74) is 1.47. The average Bonchev–Trinajstić information content (AvgIpc) is 2.35. The van der Waals surface area contributed by atoms with Crippen LogP contribution in [0.25, 0.3) is 0 Å². The first-order chi connectivity index (χ1) is 8.88. The summed E-state index contributed by atoms with van der Waals surface area (Å²) in [5, 5.41) is 3.55. The van der Waals surface area contributed by atoms with Crippen molar-refractivity contribution in [2.24, 2.45) is 5.41 Å². The monoisotopic (exact) mass is 265 g/mol. The fraction of sp³-hybridized carbons (Fsp3) is 0.625. The van der Waals surface area contributed by atoms with Crippen LogP contribution in [0.3, 0.4) is 0 Å². The highest BCUT2D eigenvalue weighted by Crippen LogP contribution is 2.28. The first-order valence-electron chi connectivity index (χ1n) is 6.91. The molecule has 1 N–H and O–H groups in total. The summed E-state index contributed by atoms with van der Waals surface area (Å²) in [4.78, 5) is 0. The molecular formula is C16H27NO2. The fourth-order valence-corrected chi connectivity index (χ4v) is 1.68. The van der Waals surface area contributed by atoms with Crippen LogP contribution in [0, 0.1) is 5.41 Å². The number of benzene rings is 1. The van der Waals surface area contributed by atoms with Crippen LogP contribution in [0.2, 0.25) is 0 Å². The average molecular weight is 265 g/mol. The van der Waals surface area contributed by atoms with Crippen LogP contribution >= 0.6 is 0 Å². The Bertz CT molecular complexity index is 396. The van der Waals surface area contributed by atoms with Gasteiger partial charge in [0, 0.05) is 12.6 Å². The predicted octanol–water partition coefficient (Wildman–Crippen LogP) is 3.62. The van der Waals surface area contributed by atoms with Gasteiger partial charge in [-0.05, 0) is 37.0 Å². The van der Waals surface area contributed by atoms with Gasteiger partial charge in [-0.25, -0.2) is 0 Å². The first kappa shape index (κ1) is 15.8. The van der Waals surface area contributed by atoms with Gasteiger partial charge < -0.3 is 14.8 Å². The summed E-state index contributed by atoms with van der Waals surface area (Å²) in [6.45, 7) is 12.4. The van der Waals surface area contributed by atoms with Crippen LogP contribution in [0.4, 0.5) is 0 Å². The summed E-state index contributed by atoms with van der Waals surface area (Å²) in [6, 6.07) is 6.53. The van der Waals surface area contributed by atoms with Gasteiger partial charge in [0.1, 0.15) is 0 Å². The van der Waals surface area contributed by atoms with Gasteiger partial charge in [-0.2, -0.15) is 0 Å². The standard InChI is InChI=1S/C16H27NO2/c1-7-19-15-10-13(8-9-14(15)18-6)11-17-12(2)16(3,4)5/h8-10,12,17H,7,11H2,1-6H3. The molecule has 0 bridgehead atoms. The summed E-state index contributed by atoms with van der Waals surface area (Å²) >= 11 is 0. The number of hydrogen-bond acceptors (Lipinski definition) is 3. The van der Waals surface area contributed by atoms with Gasteiger partial charge in [-0.3, -0.25) is 0 Å². The molecule has 0 radical (unpaired) electrons. The topological polar surface area (TPSA) is 30.5 Å². The van der Waals surface area contributed by atoms with Gasteiger partial charge in [0.2, 0.25) is 0 Å². The zero-order chi connectivity index (χ0) is 14.5. The molecule has 0 saturated carbocycles. The third-order valence-corrected chi connectivity index (χ3v) is 3.44. The lowest BCUT2D eigenvalue weighted by atomic mass is 9.88. The Hall–Kier alpha value is -1.22. The van der Waals surface area contributed by atoms with E-state index >= 15 is 0 Å². The molecule has 0 aliphatic rings. The van der Waals surface area contributed by atoms with Crippen molar-refractivity contribution >= 4 is 0 Å². The normalized spacial score (nSPS) is 13.2. The highest BCUT2D eigenvalue weighted by atomic mass is 16.5. The molecule has 19 heavy (non-hydrogen) atoms. The van der Waals surface area contributed by atoms with Crippen LogP contribution in [0.15, 0.2) is 18.2 Å². The third kappa shape index (κ3) is 4.75. The Morgan fingerprint density at radius 3 is 2.42 bits per heavy atom. The van der Waals surface area contributed by atoms with Crippen molar-refractivity contribution in [3.05, 3.63) is 23.8 Å². The highest BCUT2D eigenvalue weighted by molar-refractivity contribution is 5.42. The molecule has 0 aliphatic heterocycles. The molecule has 0 spiro atoms. The van der Waals surface area contributed by atoms with Crippen LogP contribution in [0.5, 0.6) is 11.5 Å². The van der Waals surface area contributed by atoms with Gasteiger partial charge in [0.25, 0.3) is 0 Å². The van der Waals surface area contributed by atoms with Crippen molar-refractivity contribution < 1.29 is 9.47 Å². The van der Waals surface area contributed by atoms with Crippen LogP contribution in [0.1, 0.15) is 40.2 Å². The second-order valence-electron chi connectivity index (χ2n) is 5.89. The van der Waals surface area contributed by atoms with Crippen molar-refractivity contribution in [3.63, 3.8) is 0 Å². The minimum atomic E-state index is 0.259.